The van der Waals surface area contributed by atoms with Gasteiger partial charge >= 0.3 is 5.97 Å². The van der Waals surface area contributed by atoms with Gasteiger partial charge in [0.2, 0.25) is 17.7 Å². The van der Waals surface area contributed by atoms with E-state index in [4.69, 9.17) is 17.2 Å². The zero-order valence-electron chi connectivity index (χ0n) is 20.5. The number of guanidine groups is 1. The van der Waals surface area contributed by atoms with E-state index < -0.39 is 54.5 Å². The number of hydrogen-bond donors (Lipinski definition) is 8. The zero-order chi connectivity index (χ0) is 27.3. The number of carboxylic acids is 1. The maximum Gasteiger partial charge on any atom is 0.326 e. The molecule has 13 nitrogen and oxygen atoms in total. The number of benzene rings is 1. The van der Waals surface area contributed by atoms with Gasteiger partial charge in [-0.05, 0) is 24.3 Å². The van der Waals surface area contributed by atoms with Crippen LogP contribution in [0.25, 0.3) is 0 Å². The summed E-state index contributed by atoms with van der Waals surface area (Å²) in [5, 5.41) is 26.4. The van der Waals surface area contributed by atoms with Crippen LogP contribution in [0.5, 0.6) is 0 Å². The van der Waals surface area contributed by atoms with Crippen LogP contribution in [0, 0.1) is 5.92 Å². The largest absolute Gasteiger partial charge is 0.480 e. The van der Waals surface area contributed by atoms with Gasteiger partial charge < -0.3 is 43.4 Å². The van der Waals surface area contributed by atoms with Crippen LogP contribution < -0.4 is 33.2 Å². The predicted octanol–water partition coefficient (Wildman–Crippen LogP) is -2.20. The van der Waals surface area contributed by atoms with Crippen molar-refractivity contribution < 1.29 is 29.4 Å². The highest BCUT2D eigenvalue weighted by atomic mass is 16.4. The summed E-state index contributed by atoms with van der Waals surface area (Å²) < 4.78 is 0. The number of aliphatic hydroxyl groups is 1. The van der Waals surface area contributed by atoms with E-state index in [2.05, 4.69) is 20.9 Å². The Morgan fingerprint density at radius 3 is 2.00 bits per heavy atom. The number of carboxylic acid groups (broad SMARTS) is 1. The summed E-state index contributed by atoms with van der Waals surface area (Å²) in [6.45, 7) is 2.90. The van der Waals surface area contributed by atoms with Crippen molar-refractivity contribution in [1.82, 2.24) is 16.0 Å². The minimum atomic E-state index is -1.45. The molecule has 0 radical (unpaired) electrons. The zero-order valence-corrected chi connectivity index (χ0v) is 20.5. The van der Waals surface area contributed by atoms with E-state index in [1.165, 1.54) is 0 Å². The number of aliphatic carboxylic acids is 1. The highest BCUT2D eigenvalue weighted by Gasteiger charge is 2.30. The Labute approximate surface area is 209 Å². The number of nitrogens with one attached hydrogen (secondary N) is 3. The molecule has 1 rings (SSSR count). The van der Waals surface area contributed by atoms with Crippen LogP contribution in [-0.2, 0) is 25.6 Å². The first-order chi connectivity index (χ1) is 17.0. The third kappa shape index (κ3) is 10.7. The van der Waals surface area contributed by atoms with Crippen LogP contribution in [-0.4, -0.2) is 77.2 Å². The third-order valence-electron chi connectivity index (χ3n) is 5.31. The molecule has 3 amide bonds. The minimum Gasteiger partial charge on any atom is -0.480 e. The van der Waals surface area contributed by atoms with Crippen molar-refractivity contribution in [1.29, 1.82) is 0 Å². The van der Waals surface area contributed by atoms with Crippen molar-refractivity contribution in [2.45, 2.75) is 57.3 Å². The maximum absolute atomic E-state index is 13.0. The molecule has 1 aromatic rings. The van der Waals surface area contributed by atoms with Gasteiger partial charge in [0.15, 0.2) is 5.96 Å². The van der Waals surface area contributed by atoms with Crippen LogP contribution in [0.15, 0.2) is 35.3 Å². The molecule has 0 aliphatic carbocycles. The molecule has 13 heteroatoms. The van der Waals surface area contributed by atoms with Crippen LogP contribution >= 0.6 is 0 Å². The Bertz CT molecular complexity index is 905. The van der Waals surface area contributed by atoms with E-state index in [0.717, 1.165) is 5.56 Å². The van der Waals surface area contributed by atoms with E-state index in [-0.39, 0.29) is 37.7 Å². The molecule has 0 saturated carbocycles. The fourth-order valence-corrected chi connectivity index (χ4v) is 3.13. The molecule has 0 aromatic heterocycles. The lowest BCUT2D eigenvalue weighted by Gasteiger charge is -2.25. The van der Waals surface area contributed by atoms with Crippen molar-refractivity contribution in [3.63, 3.8) is 0 Å². The first-order valence-corrected chi connectivity index (χ1v) is 11.6. The Kier molecular flexibility index (Phi) is 12.9. The number of aliphatic imine (C=N–C) groups is 1. The molecular weight excluding hydrogens is 470 g/mol. The molecule has 4 atom stereocenters. The lowest BCUT2D eigenvalue weighted by atomic mass is 10.0. The predicted molar refractivity (Wildman–Crippen MR) is 133 cm³/mol. The first kappa shape index (κ1) is 30.3. The second-order valence-electron chi connectivity index (χ2n) is 8.61. The van der Waals surface area contributed by atoms with E-state index in [0.29, 0.717) is 0 Å². The molecule has 0 aliphatic rings. The highest BCUT2D eigenvalue weighted by molar-refractivity contribution is 5.94. The number of hydrogen-bond acceptors (Lipinski definition) is 7. The molecule has 200 valence electrons. The van der Waals surface area contributed by atoms with Crippen molar-refractivity contribution in [3.8, 4) is 0 Å². The first-order valence-electron chi connectivity index (χ1n) is 11.6. The van der Waals surface area contributed by atoms with Gasteiger partial charge in [-0.1, -0.05) is 44.2 Å². The lowest BCUT2D eigenvalue weighted by molar-refractivity contribution is -0.142. The molecule has 36 heavy (non-hydrogen) atoms. The molecular formula is C23H37N7O6. The monoisotopic (exact) mass is 507 g/mol. The number of carbonyl (C=O) groups excluding carboxylic acids is 3. The summed E-state index contributed by atoms with van der Waals surface area (Å²) in [4.78, 5) is 53.5. The summed E-state index contributed by atoms with van der Waals surface area (Å²) in [7, 11) is 0. The molecule has 0 heterocycles. The number of amides is 3. The van der Waals surface area contributed by atoms with Crippen molar-refractivity contribution in [2.75, 3.05) is 13.2 Å². The number of rotatable bonds is 15. The van der Waals surface area contributed by atoms with E-state index in [9.17, 15) is 29.4 Å². The molecule has 4 unspecified atom stereocenters. The fraction of sp³-hybridized carbons (Fsp3) is 0.522. The van der Waals surface area contributed by atoms with Crippen LogP contribution in [0.2, 0.25) is 0 Å². The van der Waals surface area contributed by atoms with Gasteiger partial charge in [0, 0.05) is 13.0 Å². The average Bonchev–Trinajstić information content (AvgIpc) is 2.83. The molecule has 0 spiro atoms. The summed E-state index contributed by atoms with van der Waals surface area (Å²) in [6.07, 6.45) is 0.391. The van der Waals surface area contributed by atoms with Crippen molar-refractivity contribution >= 4 is 29.7 Å². The molecule has 0 bridgehead atoms. The normalized spacial score (nSPS) is 14.1. The Balaban J connectivity index is 2.92. The van der Waals surface area contributed by atoms with Crippen molar-refractivity contribution in [2.24, 2.45) is 28.1 Å². The second-order valence-corrected chi connectivity index (χ2v) is 8.61. The van der Waals surface area contributed by atoms with E-state index in [1.54, 1.807) is 44.2 Å². The molecule has 0 aliphatic heterocycles. The van der Waals surface area contributed by atoms with Gasteiger partial charge in [0.1, 0.15) is 18.1 Å². The average molecular weight is 508 g/mol. The second kappa shape index (κ2) is 15.3. The van der Waals surface area contributed by atoms with E-state index in [1.807, 2.05) is 0 Å². The lowest BCUT2D eigenvalue weighted by Crippen LogP contribution is -2.59. The molecule has 1 aromatic carbocycles. The quantitative estimate of drug-likeness (QED) is 0.0729. The number of nitrogens with two attached hydrogens (primary N) is 3. The number of nitrogens with zero attached hydrogens (tertiary/aromatic N) is 1. The smallest absolute Gasteiger partial charge is 0.326 e. The maximum atomic E-state index is 13.0. The van der Waals surface area contributed by atoms with E-state index >= 15 is 0 Å². The van der Waals surface area contributed by atoms with Crippen LogP contribution in [0.3, 0.4) is 0 Å². The standard InChI is InChI=1S/C23H37N7O6/c1-13(2)18(24)21(34)29-16(11-14-7-4-3-5-8-14)19(32)30-17(12-31)20(33)28-15(22(35)36)9-6-10-27-23(25)26/h3-5,7-8,13,15-18,31H,6,9-12,24H2,1-2H3,(H,28,33)(H,29,34)(H,30,32)(H,35,36)(H4,25,26,27). The molecule has 0 saturated heterocycles. The summed E-state index contributed by atoms with van der Waals surface area (Å²) in [5.74, 6) is -3.80. The SMILES string of the molecule is CC(C)C(N)C(=O)NC(Cc1ccccc1)C(=O)NC(CO)C(=O)NC(CCCN=C(N)N)C(=O)O. The van der Waals surface area contributed by atoms with Gasteiger partial charge in [0.05, 0.1) is 12.6 Å². The molecule has 0 fully saturated rings. The summed E-state index contributed by atoms with van der Waals surface area (Å²) in [5.41, 5.74) is 17.1. The van der Waals surface area contributed by atoms with Gasteiger partial charge in [-0.2, -0.15) is 0 Å². The Morgan fingerprint density at radius 2 is 1.47 bits per heavy atom. The molecule has 11 N–H and O–H groups in total. The Morgan fingerprint density at radius 1 is 0.917 bits per heavy atom. The van der Waals surface area contributed by atoms with Gasteiger partial charge in [-0.25, -0.2) is 4.79 Å². The van der Waals surface area contributed by atoms with Gasteiger partial charge in [-0.15, -0.1) is 0 Å². The van der Waals surface area contributed by atoms with Crippen molar-refractivity contribution in [3.05, 3.63) is 35.9 Å². The highest BCUT2D eigenvalue weighted by Crippen LogP contribution is 2.06. The van der Waals surface area contributed by atoms with Crippen LogP contribution in [0.4, 0.5) is 0 Å². The minimum absolute atomic E-state index is 0.0176. The number of aliphatic hydroxyl groups excluding tert-OH is 1. The summed E-state index contributed by atoms with van der Waals surface area (Å²) >= 11 is 0. The van der Waals surface area contributed by atoms with Crippen LogP contribution in [0.1, 0.15) is 32.3 Å². The third-order valence-corrected chi connectivity index (χ3v) is 5.31. The van der Waals surface area contributed by atoms with Gasteiger partial charge in [0.25, 0.3) is 0 Å². The summed E-state index contributed by atoms with van der Waals surface area (Å²) in [6, 6.07) is 4.19. The topological polar surface area (TPSA) is 235 Å². The number of carbonyl (C=O) groups is 4. The van der Waals surface area contributed by atoms with Gasteiger partial charge in [-0.3, -0.25) is 19.4 Å². The fourth-order valence-electron chi connectivity index (χ4n) is 3.13. The Hall–Kier alpha value is -3.71.